The molecule has 0 unspecified atom stereocenters. The number of nitriles is 4. The summed E-state index contributed by atoms with van der Waals surface area (Å²) in [6.07, 6.45) is 1.60. The molecule has 0 spiro atoms. The number of aryl methyl sites for hydroxylation is 1. The van der Waals surface area contributed by atoms with E-state index in [1.165, 1.54) is 17.0 Å². The average Bonchev–Trinajstić information content (AvgIpc) is 3.03. The molecule has 9 nitrogen and oxygen atoms in total. The molecule has 2 aliphatic rings. The Kier molecular flexibility index (Phi) is 7.52. The smallest absolute Gasteiger partial charge is 0.295 e. The molecule has 1 fully saturated rings. The third kappa shape index (κ3) is 4.15. The molecule has 3 aromatic carbocycles. The third-order valence-corrected chi connectivity index (χ3v) is 10.3. The van der Waals surface area contributed by atoms with Crippen LogP contribution in [0.15, 0.2) is 102 Å². The van der Waals surface area contributed by atoms with Crippen LogP contribution in [0.5, 0.6) is 0 Å². The zero-order chi connectivity index (χ0) is 31.9. The van der Waals surface area contributed by atoms with E-state index in [9.17, 15) is 34.3 Å². The molecule has 0 saturated carbocycles. The van der Waals surface area contributed by atoms with Gasteiger partial charge in [0.1, 0.15) is 0 Å². The number of hydrogen-bond acceptors (Lipinski definition) is 7. The van der Waals surface area contributed by atoms with Crippen molar-refractivity contribution in [1.82, 2.24) is 9.21 Å². The number of benzene rings is 3. The summed E-state index contributed by atoms with van der Waals surface area (Å²) >= 11 is 0. The van der Waals surface area contributed by atoms with Crippen LogP contribution in [-0.2, 0) is 10.0 Å². The number of urea groups is 1. The topological polar surface area (TPSA) is 153 Å². The predicted molar refractivity (Wildman–Crippen MR) is 160 cm³/mol. The lowest BCUT2D eigenvalue weighted by molar-refractivity contribution is 0.0515. The maximum Gasteiger partial charge on any atom is 0.339 e. The maximum atomic E-state index is 14.6. The van der Waals surface area contributed by atoms with Crippen molar-refractivity contribution < 1.29 is 13.2 Å². The highest BCUT2D eigenvalue weighted by molar-refractivity contribution is 7.89. The van der Waals surface area contributed by atoms with Crippen molar-refractivity contribution in [3.8, 4) is 24.3 Å². The fourth-order valence-corrected chi connectivity index (χ4v) is 8.02. The Labute approximate surface area is 257 Å². The van der Waals surface area contributed by atoms with Crippen LogP contribution in [-0.4, -0.2) is 29.7 Å². The number of sulfonamides is 1. The molecule has 1 aliphatic carbocycles. The van der Waals surface area contributed by atoms with Crippen molar-refractivity contribution in [2.24, 2.45) is 16.7 Å². The van der Waals surface area contributed by atoms with Crippen molar-refractivity contribution in [2.75, 3.05) is 0 Å². The first-order chi connectivity index (χ1) is 21.0. The summed E-state index contributed by atoms with van der Waals surface area (Å²) in [5.74, 6) is -2.49. The normalized spacial score (nSPS) is 22.0. The lowest BCUT2D eigenvalue weighted by Gasteiger charge is -2.56. The van der Waals surface area contributed by atoms with E-state index in [1.807, 2.05) is 24.3 Å². The molecule has 3 atom stereocenters. The van der Waals surface area contributed by atoms with Gasteiger partial charge in [-0.2, -0.15) is 21.0 Å². The van der Waals surface area contributed by atoms with E-state index < -0.39 is 50.8 Å². The highest BCUT2D eigenvalue weighted by Gasteiger charge is 2.71. The average molecular weight is 601 g/mol. The van der Waals surface area contributed by atoms with Gasteiger partial charge in [0.25, 0.3) is 10.0 Å². The molecule has 0 bridgehead atoms. The first-order valence-corrected chi connectivity index (χ1v) is 15.4. The number of allylic oxidation sites excluding steroid dienone is 1. The Morgan fingerprint density at radius 1 is 0.750 bits per heavy atom. The first kappa shape index (κ1) is 30.1. The SMILES string of the molecule is Cc1ccc(S(=O)(=O)N2C(=O)N(C(C)C)C3=C[C@H](c4ccccc4)C(C#N)(C#N)C(C#N)(C#N)[C@@H]3[C@H]2c2ccccc2)cc1. The van der Waals surface area contributed by atoms with Gasteiger partial charge in [-0.15, -0.1) is 0 Å². The molecule has 5 rings (SSSR count). The standard InChI is InChI=1S/C34H28N6O3S/c1-23(2)39-29-18-28(25-10-6-4-7-11-25)33(19-35,20-36)34(21-37,22-38)30(29)31(26-12-8-5-9-13-26)40(32(39)41)44(42,43)27-16-14-24(3)15-17-27/h4-18,23,28,30-31H,1-3H3/t28-,30+,31-/m1/s1. The molecule has 44 heavy (non-hydrogen) atoms. The van der Waals surface area contributed by atoms with Crippen LogP contribution in [0.2, 0.25) is 0 Å². The minimum absolute atomic E-state index is 0.155. The van der Waals surface area contributed by atoms with Gasteiger partial charge in [0.05, 0.1) is 41.1 Å². The number of carbonyl (C=O) groups excluding carboxylic acids is 1. The minimum Gasteiger partial charge on any atom is -0.295 e. The zero-order valence-corrected chi connectivity index (χ0v) is 25.1. The lowest BCUT2D eigenvalue weighted by Crippen LogP contribution is -2.64. The highest BCUT2D eigenvalue weighted by Crippen LogP contribution is 2.64. The molecule has 10 heteroatoms. The second kappa shape index (κ2) is 11.0. The molecule has 0 aromatic heterocycles. The summed E-state index contributed by atoms with van der Waals surface area (Å²) in [7, 11) is -4.60. The van der Waals surface area contributed by atoms with Crippen LogP contribution in [0.4, 0.5) is 4.79 Å². The van der Waals surface area contributed by atoms with Gasteiger partial charge in [0, 0.05) is 17.7 Å². The Morgan fingerprint density at radius 3 is 1.73 bits per heavy atom. The van der Waals surface area contributed by atoms with Gasteiger partial charge in [0.2, 0.25) is 0 Å². The molecule has 0 N–H and O–H groups in total. The van der Waals surface area contributed by atoms with E-state index in [4.69, 9.17) is 0 Å². The van der Waals surface area contributed by atoms with Gasteiger partial charge in [0.15, 0.2) is 10.8 Å². The Hall–Kier alpha value is -5.42. The molecule has 1 heterocycles. The number of amides is 2. The van der Waals surface area contributed by atoms with Crippen LogP contribution in [0.25, 0.3) is 0 Å². The van der Waals surface area contributed by atoms with E-state index in [0.717, 1.165) is 9.87 Å². The number of nitrogens with zero attached hydrogens (tertiary/aromatic N) is 6. The van der Waals surface area contributed by atoms with Crippen LogP contribution in [0.1, 0.15) is 42.5 Å². The van der Waals surface area contributed by atoms with Crippen LogP contribution >= 0.6 is 0 Å². The van der Waals surface area contributed by atoms with Gasteiger partial charge < -0.3 is 0 Å². The van der Waals surface area contributed by atoms with Gasteiger partial charge >= 0.3 is 6.03 Å². The summed E-state index contributed by atoms with van der Waals surface area (Å²) in [5, 5.41) is 43.4. The highest BCUT2D eigenvalue weighted by atomic mass is 32.2. The summed E-state index contributed by atoms with van der Waals surface area (Å²) < 4.78 is 29.7. The largest absolute Gasteiger partial charge is 0.339 e. The van der Waals surface area contributed by atoms with E-state index in [0.29, 0.717) is 11.1 Å². The quantitative estimate of drug-likeness (QED) is 0.351. The van der Waals surface area contributed by atoms with Crippen molar-refractivity contribution in [1.29, 1.82) is 21.0 Å². The second-order valence-corrected chi connectivity index (χ2v) is 13.1. The Balaban J connectivity index is 1.94. The number of fused-ring (bicyclic) bond motifs is 1. The molecule has 2 amide bonds. The number of rotatable bonds is 5. The van der Waals surface area contributed by atoms with Gasteiger partial charge in [-0.3, -0.25) is 4.90 Å². The third-order valence-electron chi connectivity index (χ3n) is 8.55. The summed E-state index contributed by atoms with van der Waals surface area (Å²) in [5.41, 5.74) is -2.85. The van der Waals surface area contributed by atoms with Gasteiger partial charge in [-0.25, -0.2) is 17.5 Å². The van der Waals surface area contributed by atoms with Crippen LogP contribution < -0.4 is 0 Å². The zero-order valence-electron chi connectivity index (χ0n) is 24.3. The van der Waals surface area contributed by atoms with Crippen LogP contribution in [0, 0.1) is 69.0 Å². The maximum absolute atomic E-state index is 14.6. The van der Waals surface area contributed by atoms with E-state index in [1.54, 1.807) is 99.6 Å². The van der Waals surface area contributed by atoms with E-state index >= 15 is 0 Å². The summed E-state index contributed by atoms with van der Waals surface area (Å²) in [6.45, 7) is 5.20. The van der Waals surface area contributed by atoms with E-state index in [2.05, 4.69) is 0 Å². The first-order valence-electron chi connectivity index (χ1n) is 14.0. The predicted octanol–water partition coefficient (Wildman–Crippen LogP) is 5.94. The van der Waals surface area contributed by atoms with Crippen molar-refractivity contribution in [2.45, 2.75) is 43.7 Å². The molecule has 3 aromatic rings. The number of carbonyl (C=O) groups is 1. The molecule has 1 aliphatic heterocycles. The monoisotopic (exact) mass is 600 g/mol. The van der Waals surface area contributed by atoms with Crippen molar-refractivity contribution in [3.05, 3.63) is 113 Å². The summed E-state index contributed by atoms with van der Waals surface area (Å²) in [6, 6.07) is 28.1. The Bertz CT molecular complexity index is 1880. The van der Waals surface area contributed by atoms with Crippen molar-refractivity contribution in [3.63, 3.8) is 0 Å². The molecule has 0 radical (unpaired) electrons. The van der Waals surface area contributed by atoms with Crippen LogP contribution in [0.3, 0.4) is 0 Å². The fourth-order valence-electron chi connectivity index (χ4n) is 6.47. The molecular weight excluding hydrogens is 572 g/mol. The number of hydrogen-bond donors (Lipinski definition) is 0. The molecular formula is C34H28N6O3S. The van der Waals surface area contributed by atoms with E-state index in [-0.39, 0.29) is 10.6 Å². The lowest BCUT2D eigenvalue weighted by atomic mass is 9.48. The van der Waals surface area contributed by atoms with Gasteiger partial charge in [-0.05, 0) is 44.0 Å². The minimum atomic E-state index is -4.60. The molecule has 218 valence electrons. The van der Waals surface area contributed by atoms with Crippen molar-refractivity contribution >= 4 is 16.1 Å². The summed E-state index contributed by atoms with van der Waals surface area (Å²) in [4.78, 5) is 15.7. The molecule has 1 saturated heterocycles. The Morgan fingerprint density at radius 2 is 1.25 bits per heavy atom. The second-order valence-electron chi connectivity index (χ2n) is 11.2. The van der Waals surface area contributed by atoms with Gasteiger partial charge in [-0.1, -0.05) is 84.4 Å². The fraction of sp³-hybridized carbons (Fsp3) is 0.265.